The van der Waals surface area contributed by atoms with Gasteiger partial charge in [-0.3, -0.25) is 0 Å². The van der Waals surface area contributed by atoms with Crippen LogP contribution in [0.5, 0.6) is 0 Å². The second-order valence-electron chi connectivity index (χ2n) is 14.3. The normalized spacial score (nSPS) is 12.1. The zero-order chi connectivity index (χ0) is 35.3. The molecular formula is C52H30O2. The lowest BCUT2D eigenvalue weighted by atomic mass is 9.85. The van der Waals surface area contributed by atoms with Crippen LogP contribution in [-0.4, -0.2) is 0 Å². The first-order chi connectivity index (χ1) is 26.8. The van der Waals surface area contributed by atoms with E-state index in [0.717, 1.165) is 60.2 Å². The minimum atomic E-state index is 0.875. The number of fused-ring (bicyclic) bond motifs is 12. The smallest absolute Gasteiger partial charge is 0.143 e. The van der Waals surface area contributed by atoms with Gasteiger partial charge in [-0.2, -0.15) is 0 Å². The van der Waals surface area contributed by atoms with Crippen LogP contribution in [0.4, 0.5) is 0 Å². The van der Waals surface area contributed by atoms with Gasteiger partial charge in [-0.25, -0.2) is 0 Å². The first-order valence-corrected chi connectivity index (χ1v) is 18.5. The molecule has 12 aromatic rings. The van der Waals surface area contributed by atoms with Crippen LogP contribution in [0, 0.1) is 0 Å². The van der Waals surface area contributed by atoms with Crippen LogP contribution in [0.3, 0.4) is 0 Å². The van der Waals surface area contributed by atoms with E-state index in [1.54, 1.807) is 0 Å². The summed E-state index contributed by atoms with van der Waals surface area (Å²) >= 11 is 0. The fourth-order valence-electron chi connectivity index (χ4n) is 9.09. The Hall–Kier alpha value is -7.16. The Morgan fingerprint density at radius 2 is 0.833 bits per heavy atom. The van der Waals surface area contributed by atoms with Gasteiger partial charge in [-0.1, -0.05) is 140 Å². The predicted octanol–water partition coefficient (Wildman–Crippen LogP) is 15.1. The number of hydrogen-bond donors (Lipinski definition) is 0. The van der Waals surface area contributed by atoms with E-state index >= 15 is 0 Å². The Morgan fingerprint density at radius 3 is 1.61 bits per heavy atom. The Kier molecular flexibility index (Phi) is 6.09. The number of para-hydroxylation sites is 1. The standard InChI is InChI=1S/C52H30O2/c1-2-15-35-31(11-1)12-10-21-36(35)32-13-9-14-33(29-32)49-38-17-3-5-19-40(38)50(41-20-6-4-18-39(41)49)34-23-24-45-48(30-34)53-47-28-27-44-42(51(45)47)25-26-43-37-16-7-8-22-46(37)54-52(43)44/h1-30H. The summed E-state index contributed by atoms with van der Waals surface area (Å²) < 4.78 is 13.1. The quantitative estimate of drug-likeness (QED) is 0.173. The van der Waals surface area contributed by atoms with Crippen molar-refractivity contribution in [3.63, 3.8) is 0 Å². The predicted molar refractivity (Wildman–Crippen MR) is 227 cm³/mol. The molecule has 0 aliphatic rings. The Morgan fingerprint density at radius 1 is 0.278 bits per heavy atom. The van der Waals surface area contributed by atoms with Gasteiger partial charge in [0.25, 0.3) is 0 Å². The Labute approximate surface area is 310 Å². The summed E-state index contributed by atoms with van der Waals surface area (Å²) in [7, 11) is 0. The van der Waals surface area contributed by atoms with Gasteiger partial charge in [0.05, 0.1) is 0 Å². The molecule has 2 aromatic heterocycles. The summed E-state index contributed by atoms with van der Waals surface area (Å²) in [5.74, 6) is 0. The van der Waals surface area contributed by atoms with Crippen molar-refractivity contribution >= 4 is 87.0 Å². The van der Waals surface area contributed by atoms with Crippen LogP contribution in [0.2, 0.25) is 0 Å². The van der Waals surface area contributed by atoms with Gasteiger partial charge in [0.2, 0.25) is 0 Å². The van der Waals surface area contributed by atoms with E-state index in [0.29, 0.717) is 0 Å². The molecule has 2 heteroatoms. The number of hydrogen-bond acceptors (Lipinski definition) is 2. The Balaban J connectivity index is 1.07. The average Bonchev–Trinajstić information content (AvgIpc) is 3.81. The molecule has 10 aromatic carbocycles. The second kappa shape index (κ2) is 11.2. The average molecular weight is 687 g/mol. The van der Waals surface area contributed by atoms with Crippen LogP contribution < -0.4 is 0 Å². The molecule has 2 heterocycles. The third-order valence-electron chi connectivity index (χ3n) is 11.4. The van der Waals surface area contributed by atoms with E-state index < -0.39 is 0 Å². The molecule has 0 saturated carbocycles. The minimum Gasteiger partial charge on any atom is -0.456 e. The lowest BCUT2D eigenvalue weighted by Crippen LogP contribution is -1.91. The fourth-order valence-corrected chi connectivity index (χ4v) is 9.09. The van der Waals surface area contributed by atoms with Crippen molar-refractivity contribution in [2.24, 2.45) is 0 Å². The van der Waals surface area contributed by atoms with Gasteiger partial charge in [-0.15, -0.1) is 0 Å². The molecule has 12 rings (SSSR count). The molecule has 0 atom stereocenters. The maximum absolute atomic E-state index is 6.67. The number of rotatable bonds is 3. The highest BCUT2D eigenvalue weighted by Crippen LogP contribution is 2.46. The second-order valence-corrected chi connectivity index (χ2v) is 14.3. The van der Waals surface area contributed by atoms with Crippen molar-refractivity contribution in [3.05, 3.63) is 182 Å². The summed E-state index contributed by atoms with van der Waals surface area (Å²) in [6.45, 7) is 0. The lowest BCUT2D eigenvalue weighted by Gasteiger charge is -2.18. The lowest BCUT2D eigenvalue weighted by molar-refractivity contribution is 0.669. The van der Waals surface area contributed by atoms with E-state index in [4.69, 9.17) is 8.83 Å². The molecule has 0 amide bonds. The number of benzene rings is 10. The molecule has 2 nitrogen and oxygen atoms in total. The summed E-state index contributed by atoms with van der Waals surface area (Å²) in [5.41, 5.74) is 10.8. The van der Waals surface area contributed by atoms with Gasteiger partial charge in [0, 0.05) is 26.9 Å². The molecule has 0 saturated heterocycles. The van der Waals surface area contributed by atoms with E-state index in [-0.39, 0.29) is 0 Å². The Bertz CT molecular complexity index is 3440. The molecule has 0 aliphatic carbocycles. The monoisotopic (exact) mass is 686 g/mol. The third kappa shape index (κ3) is 4.17. The highest BCUT2D eigenvalue weighted by atomic mass is 16.3. The highest BCUT2D eigenvalue weighted by molar-refractivity contribution is 6.26. The number of furan rings is 2. The molecule has 0 unspecified atom stereocenters. The van der Waals surface area contributed by atoms with Gasteiger partial charge < -0.3 is 8.83 Å². The van der Waals surface area contributed by atoms with Crippen molar-refractivity contribution in [1.82, 2.24) is 0 Å². The zero-order valence-electron chi connectivity index (χ0n) is 29.1. The molecular weight excluding hydrogens is 657 g/mol. The first kappa shape index (κ1) is 29.4. The fraction of sp³-hybridized carbons (Fsp3) is 0. The van der Waals surface area contributed by atoms with Crippen LogP contribution in [0.25, 0.3) is 120 Å². The molecule has 0 radical (unpaired) electrons. The van der Waals surface area contributed by atoms with Crippen molar-refractivity contribution in [2.75, 3.05) is 0 Å². The van der Waals surface area contributed by atoms with Crippen molar-refractivity contribution in [2.45, 2.75) is 0 Å². The van der Waals surface area contributed by atoms with E-state index in [2.05, 4.69) is 170 Å². The van der Waals surface area contributed by atoms with E-state index in [1.165, 1.54) is 60.1 Å². The largest absolute Gasteiger partial charge is 0.456 e. The van der Waals surface area contributed by atoms with Crippen molar-refractivity contribution in [1.29, 1.82) is 0 Å². The van der Waals surface area contributed by atoms with Crippen LogP contribution in [0.15, 0.2) is 191 Å². The summed E-state index contributed by atoms with van der Waals surface area (Å²) in [6, 6.07) is 65.6. The van der Waals surface area contributed by atoms with E-state index in [9.17, 15) is 0 Å². The van der Waals surface area contributed by atoms with Gasteiger partial charge in [0.1, 0.15) is 22.3 Å². The zero-order valence-corrected chi connectivity index (χ0v) is 29.1. The summed E-state index contributed by atoms with van der Waals surface area (Å²) in [5, 5.41) is 14.1. The topological polar surface area (TPSA) is 26.3 Å². The molecule has 0 fully saturated rings. The van der Waals surface area contributed by atoms with Gasteiger partial charge in [0.15, 0.2) is 0 Å². The summed E-state index contributed by atoms with van der Waals surface area (Å²) in [4.78, 5) is 0. The van der Waals surface area contributed by atoms with Crippen LogP contribution >= 0.6 is 0 Å². The van der Waals surface area contributed by atoms with Crippen molar-refractivity contribution < 1.29 is 8.83 Å². The van der Waals surface area contributed by atoms with Gasteiger partial charge in [-0.05, 0) is 114 Å². The molecule has 54 heavy (non-hydrogen) atoms. The van der Waals surface area contributed by atoms with Gasteiger partial charge >= 0.3 is 0 Å². The van der Waals surface area contributed by atoms with Crippen LogP contribution in [-0.2, 0) is 0 Å². The first-order valence-electron chi connectivity index (χ1n) is 18.5. The molecule has 0 spiro atoms. The minimum absolute atomic E-state index is 0.875. The highest BCUT2D eigenvalue weighted by Gasteiger charge is 2.20. The maximum atomic E-state index is 6.67. The molecule has 0 aliphatic heterocycles. The third-order valence-corrected chi connectivity index (χ3v) is 11.4. The van der Waals surface area contributed by atoms with E-state index in [1.807, 2.05) is 12.1 Å². The SMILES string of the molecule is c1cc(-c2cccc3ccccc23)cc(-c2c3ccccc3c(-c3ccc4c(c3)oc3ccc5c(ccc6c7ccccc7oc65)c34)c3ccccc23)c1. The maximum Gasteiger partial charge on any atom is 0.143 e. The summed E-state index contributed by atoms with van der Waals surface area (Å²) in [6.07, 6.45) is 0. The molecule has 0 bridgehead atoms. The van der Waals surface area contributed by atoms with Crippen LogP contribution in [0.1, 0.15) is 0 Å². The van der Waals surface area contributed by atoms with Crippen molar-refractivity contribution in [3.8, 4) is 33.4 Å². The molecule has 0 N–H and O–H groups in total. The molecule has 250 valence electrons.